The lowest BCUT2D eigenvalue weighted by molar-refractivity contribution is -0.910. The highest BCUT2D eigenvalue weighted by atomic mass is 16.3. The van der Waals surface area contributed by atoms with Crippen molar-refractivity contribution in [3.05, 3.63) is 0 Å². The van der Waals surface area contributed by atoms with Crippen molar-refractivity contribution in [1.82, 2.24) is 0 Å². The molecule has 1 atom stereocenters. The first-order valence-corrected chi connectivity index (χ1v) is 11.8. The summed E-state index contributed by atoms with van der Waals surface area (Å²) >= 11 is 0. The van der Waals surface area contributed by atoms with Crippen molar-refractivity contribution >= 4 is 0 Å². The molecule has 0 saturated carbocycles. The highest BCUT2D eigenvalue weighted by Crippen LogP contribution is 2.14. The van der Waals surface area contributed by atoms with Gasteiger partial charge in [0, 0.05) is 0 Å². The number of hydrogen-bond donors (Lipinski definition) is 1. The summed E-state index contributed by atoms with van der Waals surface area (Å²) in [6.45, 7) is 5.80. The van der Waals surface area contributed by atoms with E-state index in [0.29, 0.717) is 6.61 Å². The van der Waals surface area contributed by atoms with Crippen LogP contribution >= 0.6 is 0 Å². The van der Waals surface area contributed by atoms with Crippen LogP contribution in [0.1, 0.15) is 110 Å². The van der Waals surface area contributed by atoms with Gasteiger partial charge in [-0.25, -0.2) is 0 Å². The molecule has 0 aliphatic rings. The van der Waals surface area contributed by atoms with Crippen LogP contribution in [-0.2, 0) is 0 Å². The molecule has 0 saturated heterocycles. The van der Waals surface area contributed by atoms with E-state index < -0.39 is 0 Å². The van der Waals surface area contributed by atoms with E-state index in [1.54, 1.807) is 0 Å². The van der Waals surface area contributed by atoms with Crippen LogP contribution in [0, 0.1) is 0 Å². The topological polar surface area (TPSA) is 43.1 Å². The van der Waals surface area contributed by atoms with E-state index >= 15 is 0 Å². The number of nitrogens with zero attached hydrogens (tertiary/aromatic N) is 1. The zero-order valence-electron chi connectivity index (χ0n) is 18.2. The molecule has 0 aromatic carbocycles. The second-order valence-corrected chi connectivity index (χ2v) is 8.57. The molecule has 0 aromatic heterocycles. The number of likely N-dealkylation sites (N-methyl/N-ethyl adjacent to an activating group) is 1. The molecule has 26 heavy (non-hydrogen) atoms. The van der Waals surface area contributed by atoms with Gasteiger partial charge in [-0.15, -0.1) is 0 Å². The molecular formula is C23H51NO2+2. The van der Waals surface area contributed by atoms with Crippen molar-refractivity contribution < 1.29 is 14.7 Å². The van der Waals surface area contributed by atoms with Gasteiger partial charge in [-0.05, 0) is 12.8 Å². The Bertz CT molecular complexity index is 265. The second kappa shape index (κ2) is 19.6. The predicted molar refractivity (Wildman–Crippen MR) is 116 cm³/mol. The Morgan fingerprint density at radius 3 is 1.31 bits per heavy atom. The van der Waals surface area contributed by atoms with Crippen LogP contribution in [0.15, 0.2) is 0 Å². The average Bonchev–Trinajstić information content (AvgIpc) is 2.62. The molecule has 0 radical (unpaired) electrons. The third-order valence-corrected chi connectivity index (χ3v) is 5.84. The van der Waals surface area contributed by atoms with Crippen molar-refractivity contribution in [1.29, 1.82) is 0 Å². The molecule has 0 aliphatic carbocycles. The van der Waals surface area contributed by atoms with E-state index in [-0.39, 0.29) is 6.61 Å². The monoisotopic (exact) mass is 373 g/mol. The predicted octanol–water partition coefficient (Wildman–Crippen LogP) is 5.41. The van der Waals surface area contributed by atoms with Crippen LogP contribution < -0.4 is 0 Å². The molecule has 3 heteroatoms. The average molecular weight is 374 g/mol. The summed E-state index contributed by atoms with van der Waals surface area (Å²) in [5.41, 5.74) is 0. The molecule has 0 amide bonds. The summed E-state index contributed by atoms with van der Waals surface area (Å²) in [6.07, 6.45) is 22.5. The van der Waals surface area contributed by atoms with Crippen molar-refractivity contribution in [2.45, 2.75) is 110 Å². The third-order valence-electron chi connectivity index (χ3n) is 5.84. The molecule has 0 rings (SSSR count). The van der Waals surface area contributed by atoms with Crippen LogP contribution in [0.5, 0.6) is 0 Å². The summed E-state index contributed by atoms with van der Waals surface area (Å²) in [7, 11) is 2.19. The maximum absolute atomic E-state index is 9.19. The lowest BCUT2D eigenvalue weighted by atomic mass is 10.0. The van der Waals surface area contributed by atoms with Gasteiger partial charge in [-0.1, -0.05) is 96.8 Å². The number of aliphatic hydroxyl groups is 1. The van der Waals surface area contributed by atoms with Gasteiger partial charge >= 0.3 is 0 Å². The lowest BCUT2D eigenvalue weighted by Crippen LogP contribution is -2.48. The van der Waals surface area contributed by atoms with Gasteiger partial charge < -0.3 is 14.7 Å². The summed E-state index contributed by atoms with van der Waals surface area (Å²) in [4.78, 5) is 0. The highest BCUT2D eigenvalue weighted by molar-refractivity contribution is 4.50. The van der Waals surface area contributed by atoms with Crippen LogP contribution in [-0.4, -0.2) is 54.6 Å². The van der Waals surface area contributed by atoms with E-state index in [4.69, 9.17) is 5.11 Å². The molecule has 1 unspecified atom stereocenters. The normalized spacial score (nSPS) is 13.8. The molecule has 158 valence electrons. The first-order chi connectivity index (χ1) is 12.7. The third kappa shape index (κ3) is 17.3. The molecule has 3 nitrogen and oxygen atoms in total. The fourth-order valence-corrected chi connectivity index (χ4v) is 3.89. The van der Waals surface area contributed by atoms with Crippen LogP contribution in [0.4, 0.5) is 0 Å². The summed E-state index contributed by atoms with van der Waals surface area (Å²) in [5.74, 6) is 0. The van der Waals surface area contributed by atoms with Gasteiger partial charge in [0.2, 0.25) is 0 Å². The van der Waals surface area contributed by atoms with Gasteiger partial charge in [0.05, 0.1) is 20.2 Å². The second-order valence-electron chi connectivity index (χ2n) is 8.57. The molecule has 3 N–H and O–H groups in total. The number of rotatable bonds is 21. The van der Waals surface area contributed by atoms with Crippen molar-refractivity contribution in [2.75, 3.05) is 39.9 Å². The minimum absolute atomic E-state index is 0.245. The highest BCUT2D eigenvalue weighted by Gasteiger charge is 2.20. The largest absolute Gasteiger partial charge is 0.441 e. The molecule has 0 heterocycles. The number of quaternary nitrogens is 1. The van der Waals surface area contributed by atoms with Gasteiger partial charge in [-0.2, -0.15) is 0 Å². The molecule has 0 spiro atoms. The van der Waals surface area contributed by atoms with Gasteiger partial charge in [0.25, 0.3) is 0 Å². The van der Waals surface area contributed by atoms with Crippen molar-refractivity contribution in [2.24, 2.45) is 0 Å². The summed E-state index contributed by atoms with van der Waals surface area (Å²) < 4.78 is 0.874. The number of hydrogen-bond acceptors (Lipinski definition) is 1. The summed E-state index contributed by atoms with van der Waals surface area (Å²) in [6, 6.07) is 0. The van der Waals surface area contributed by atoms with E-state index in [1.165, 1.54) is 103 Å². The van der Waals surface area contributed by atoms with Gasteiger partial charge in [-0.3, -0.25) is 0 Å². The Morgan fingerprint density at radius 1 is 0.577 bits per heavy atom. The zero-order chi connectivity index (χ0) is 19.3. The van der Waals surface area contributed by atoms with E-state index in [2.05, 4.69) is 14.0 Å². The van der Waals surface area contributed by atoms with E-state index in [9.17, 15) is 5.11 Å². The van der Waals surface area contributed by atoms with E-state index in [0.717, 1.165) is 24.1 Å². The fourth-order valence-electron chi connectivity index (χ4n) is 3.89. The van der Waals surface area contributed by atoms with Crippen LogP contribution in [0.25, 0.3) is 0 Å². The Balaban J connectivity index is 3.26. The number of aliphatic hydroxyl groups excluding tert-OH is 1. The molecule has 0 aliphatic heterocycles. The molecular weight excluding hydrogens is 322 g/mol. The molecule has 0 fully saturated rings. The zero-order valence-corrected chi connectivity index (χ0v) is 18.2. The van der Waals surface area contributed by atoms with Crippen molar-refractivity contribution in [3.8, 4) is 0 Å². The van der Waals surface area contributed by atoms with E-state index in [1.807, 2.05) is 0 Å². The smallest absolute Gasteiger partial charge is 0.193 e. The maximum Gasteiger partial charge on any atom is 0.193 e. The SMILES string of the molecule is CCCCCCCCCCCCCCCCCC[N+](C)(CCO)CC[OH2+]. The lowest BCUT2D eigenvalue weighted by Gasteiger charge is -2.32. The van der Waals surface area contributed by atoms with Gasteiger partial charge in [0.1, 0.15) is 13.1 Å². The molecule has 0 bridgehead atoms. The standard InChI is InChI=1S/C23H50NO2/c1-3-4-5-6-7-8-9-10-11-12-13-14-15-16-17-18-19-24(2,20-22-25)21-23-26/h25-26H,3-23H2,1-2H3/q+1/p+1. The first kappa shape index (κ1) is 25.9. The number of unbranched alkanes of at least 4 members (excludes halogenated alkanes) is 15. The molecule has 0 aromatic rings. The minimum atomic E-state index is 0.245. The Morgan fingerprint density at radius 2 is 0.962 bits per heavy atom. The maximum atomic E-state index is 9.19. The quantitative estimate of drug-likeness (QED) is 0.163. The first-order valence-electron chi connectivity index (χ1n) is 11.8. The Labute approximate surface area is 164 Å². The van der Waals surface area contributed by atoms with Gasteiger partial charge in [0.15, 0.2) is 6.61 Å². The Kier molecular flexibility index (Phi) is 19.5. The van der Waals surface area contributed by atoms with Crippen LogP contribution in [0.3, 0.4) is 0 Å². The van der Waals surface area contributed by atoms with Crippen molar-refractivity contribution in [3.63, 3.8) is 0 Å². The Hall–Kier alpha value is -0.120. The minimum Gasteiger partial charge on any atom is -0.441 e. The van der Waals surface area contributed by atoms with Crippen LogP contribution in [0.2, 0.25) is 0 Å². The summed E-state index contributed by atoms with van der Waals surface area (Å²) in [5, 5.41) is 16.6. The fraction of sp³-hybridized carbons (Fsp3) is 1.00.